The van der Waals surface area contributed by atoms with Gasteiger partial charge in [0.2, 0.25) is 0 Å². The van der Waals surface area contributed by atoms with Gasteiger partial charge in [-0.25, -0.2) is 0 Å². The Morgan fingerprint density at radius 2 is 2.29 bits per heavy atom. The number of rotatable bonds is 3. The second-order valence-electron chi connectivity index (χ2n) is 4.07. The summed E-state index contributed by atoms with van der Waals surface area (Å²) in [6.45, 7) is 8.28. The lowest BCUT2D eigenvalue weighted by atomic mass is 10.1. The molecule has 1 heterocycles. The summed E-state index contributed by atoms with van der Waals surface area (Å²) in [5.41, 5.74) is 5.55. The van der Waals surface area contributed by atoms with E-state index in [1.807, 2.05) is 0 Å². The molecule has 82 valence electrons. The first-order chi connectivity index (χ1) is 6.52. The fourth-order valence-electron chi connectivity index (χ4n) is 1.99. The van der Waals surface area contributed by atoms with E-state index in [-0.39, 0.29) is 0 Å². The van der Waals surface area contributed by atoms with Gasteiger partial charge in [-0.15, -0.1) is 0 Å². The fourth-order valence-corrected chi connectivity index (χ4v) is 2.23. The Balaban J connectivity index is 2.52. The molecular weight excluding hydrogens is 196 g/mol. The van der Waals surface area contributed by atoms with Crippen molar-refractivity contribution in [1.82, 2.24) is 4.90 Å². The van der Waals surface area contributed by atoms with E-state index in [1.54, 1.807) is 0 Å². The van der Waals surface area contributed by atoms with Gasteiger partial charge >= 0.3 is 0 Å². The molecule has 3 nitrogen and oxygen atoms in total. The second kappa shape index (κ2) is 5.05. The zero-order valence-corrected chi connectivity index (χ0v) is 10.0. The van der Waals surface area contributed by atoms with Gasteiger partial charge in [0.15, 0.2) is 0 Å². The molecule has 2 N–H and O–H groups in total. The van der Waals surface area contributed by atoms with Crippen molar-refractivity contribution >= 4 is 17.2 Å². The summed E-state index contributed by atoms with van der Waals surface area (Å²) in [7, 11) is 0. The summed E-state index contributed by atoms with van der Waals surface area (Å²) >= 11 is 4.93. The van der Waals surface area contributed by atoms with Crippen molar-refractivity contribution in [3.05, 3.63) is 0 Å². The summed E-state index contributed by atoms with van der Waals surface area (Å²) in [5, 5.41) is 0. The van der Waals surface area contributed by atoms with Gasteiger partial charge in [-0.2, -0.15) is 0 Å². The molecule has 3 unspecified atom stereocenters. The van der Waals surface area contributed by atoms with E-state index in [0.29, 0.717) is 23.2 Å². The molecule has 4 heteroatoms. The largest absolute Gasteiger partial charge is 0.393 e. The first kappa shape index (κ1) is 11.9. The van der Waals surface area contributed by atoms with Gasteiger partial charge in [-0.05, 0) is 20.8 Å². The lowest BCUT2D eigenvalue weighted by Gasteiger charge is -2.41. The van der Waals surface area contributed by atoms with Gasteiger partial charge in [0.05, 0.1) is 17.7 Å². The molecule has 0 aliphatic carbocycles. The maximum absolute atomic E-state index is 5.57. The number of ether oxygens (including phenoxy) is 1. The Morgan fingerprint density at radius 1 is 1.64 bits per heavy atom. The summed E-state index contributed by atoms with van der Waals surface area (Å²) in [6.07, 6.45) is 1.10. The van der Waals surface area contributed by atoms with Crippen molar-refractivity contribution in [2.24, 2.45) is 5.73 Å². The molecule has 0 aromatic carbocycles. The Hall–Kier alpha value is -0.190. The normalized spacial score (nSPS) is 31.4. The zero-order chi connectivity index (χ0) is 10.7. The van der Waals surface area contributed by atoms with Crippen molar-refractivity contribution in [3.63, 3.8) is 0 Å². The highest BCUT2D eigenvalue weighted by molar-refractivity contribution is 7.80. The number of morpholine rings is 1. The molecule has 0 saturated carbocycles. The van der Waals surface area contributed by atoms with E-state index < -0.39 is 0 Å². The van der Waals surface area contributed by atoms with Gasteiger partial charge in [0.25, 0.3) is 0 Å². The number of nitrogens with two attached hydrogens (primary N) is 1. The molecule has 0 aromatic heterocycles. The van der Waals surface area contributed by atoms with Crippen LogP contribution < -0.4 is 5.73 Å². The molecule has 1 aliphatic rings. The molecule has 0 radical (unpaired) electrons. The molecule has 1 saturated heterocycles. The Labute approximate surface area is 91.6 Å². The number of thiocarbonyl (C=S) groups is 1. The van der Waals surface area contributed by atoms with Gasteiger partial charge in [0.1, 0.15) is 0 Å². The van der Waals surface area contributed by atoms with E-state index in [4.69, 9.17) is 22.7 Å². The highest BCUT2D eigenvalue weighted by Gasteiger charge is 2.28. The van der Waals surface area contributed by atoms with Crippen LogP contribution in [0.5, 0.6) is 0 Å². The van der Waals surface area contributed by atoms with Crippen molar-refractivity contribution < 1.29 is 4.74 Å². The highest BCUT2D eigenvalue weighted by atomic mass is 32.1. The number of hydrogen-bond donors (Lipinski definition) is 1. The third-order valence-electron chi connectivity index (χ3n) is 3.00. The molecule has 0 spiro atoms. The van der Waals surface area contributed by atoms with Crippen molar-refractivity contribution in [3.8, 4) is 0 Å². The van der Waals surface area contributed by atoms with Gasteiger partial charge < -0.3 is 10.5 Å². The second-order valence-corrected chi connectivity index (χ2v) is 4.60. The van der Waals surface area contributed by atoms with Crippen LogP contribution in [-0.2, 0) is 4.74 Å². The Morgan fingerprint density at radius 3 is 2.86 bits per heavy atom. The standard InChI is InChI=1S/C10H20N2OS/c1-7(6-10(11)14)12-4-5-13-9(3)8(12)2/h7-9H,4-6H2,1-3H3,(H2,11,14). The highest BCUT2D eigenvalue weighted by Crippen LogP contribution is 2.17. The topological polar surface area (TPSA) is 38.5 Å². The Bertz CT molecular complexity index is 210. The van der Waals surface area contributed by atoms with Crippen molar-refractivity contribution in [2.75, 3.05) is 13.2 Å². The molecule has 0 aromatic rings. The first-order valence-corrected chi connectivity index (χ1v) is 5.59. The summed E-state index contributed by atoms with van der Waals surface area (Å²) in [5.74, 6) is 0. The summed E-state index contributed by atoms with van der Waals surface area (Å²) in [4.78, 5) is 3.02. The Kier molecular flexibility index (Phi) is 4.29. The van der Waals surface area contributed by atoms with Crippen molar-refractivity contribution in [1.29, 1.82) is 0 Å². The SMILES string of the molecule is CC1OCCN(C(C)CC(N)=S)C1C. The smallest absolute Gasteiger partial charge is 0.0742 e. The van der Waals surface area contributed by atoms with Crippen LogP contribution in [0, 0.1) is 0 Å². The van der Waals surface area contributed by atoms with Crippen LogP contribution in [0.4, 0.5) is 0 Å². The molecule has 1 aliphatic heterocycles. The third-order valence-corrected chi connectivity index (χ3v) is 3.16. The van der Waals surface area contributed by atoms with E-state index in [0.717, 1.165) is 19.6 Å². The quantitative estimate of drug-likeness (QED) is 0.719. The minimum absolute atomic E-state index is 0.303. The van der Waals surface area contributed by atoms with E-state index in [9.17, 15) is 0 Å². The van der Waals surface area contributed by atoms with Crippen LogP contribution in [0.1, 0.15) is 27.2 Å². The molecule has 1 fully saturated rings. The number of hydrogen-bond acceptors (Lipinski definition) is 3. The average Bonchev–Trinajstić information content (AvgIpc) is 2.08. The maximum Gasteiger partial charge on any atom is 0.0742 e. The lowest BCUT2D eigenvalue weighted by Crippen LogP contribution is -2.52. The monoisotopic (exact) mass is 216 g/mol. The average molecular weight is 216 g/mol. The minimum Gasteiger partial charge on any atom is -0.393 e. The lowest BCUT2D eigenvalue weighted by molar-refractivity contribution is -0.0678. The van der Waals surface area contributed by atoms with Crippen LogP contribution in [0.3, 0.4) is 0 Å². The molecule has 1 rings (SSSR count). The summed E-state index contributed by atoms with van der Waals surface area (Å²) in [6, 6.07) is 0.877. The molecular formula is C10H20N2OS. The van der Waals surface area contributed by atoms with Gasteiger partial charge in [-0.1, -0.05) is 12.2 Å². The van der Waals surface area contributed by atoms with Crippen molar-refractivity contribution in [2.45, 2.75) is 45.4 Å². The maximum atomic E-state index is 5.57. The van der Waals surface area contributed by atoms with E-state index in [2.05, 4.69) is 25.7 Å². The van der Waals surface area contributed by atoms with E-state index in [1.165, 1.54) is 0 Å². The van der Waals surface area contributed by atoms with Crippen LogP contribution in [0.15, 0.2) is 0 Å². The van der Waals surface area contributed by atoms with Gasteiger partial charge in [-0.3, -0.25) is 4.90 Å². The molecule has 0 bridgehead atoms. The minimum atomic E-state index is 0.303. The molecule has 14 heavy (non-hydrogen) atoms. The van der Waals surface area contributed by atoms with E-state index >= 15 is 0 Å². The molecule has 3 atom stereocenters. The number of nitrogens with zero attached hydrogens (tertiary/aromatic N) is 1. The van der Waals surface area contributed by atoms with Crippen LogP contribution in [0.25, 0.3) is 0 Å². The van der Waals surface area contributed by atoms with Crippen LogP contribution in [0.2, 0.25) is 0 Å². The fraction of sp³-hybridized carbons (Fsp3) is 0.900. The predicted molar refractivity (Wildman–Crippen MR) is 62.4 cm³/mol. The first-order valence-electron chi connectivity index (χ1n) is 5.18. The van der Waals surface area contributed by atoms with Crippen LogP contribution in [-0.4, -0.2) is 41.2 Å². The molecule has 0 amide bonds. The van der Waals surface area contributed by atoms with Gasteiger partial charge in [0, 0.05) is 25.0 Å². The predicted octanol–water partition coefficient (Wildman–Crippen LogP) is 1.16. The third kappa shape index (κ3) is 2.90. The van der Waals surface area contributed by atoms with Crippen LogP contribution >= 0.6 is 12.2 Å². The zero-order valence-electron chi connectivity index (χ0n) is 9.19. The summed E-state index contributed by atoms with van der Waals surface area (Å²) < 4.78 is 5.57.